The maximum atomic E-state index is 12.6. The SMILES string of the molecule is CC(=O)c1ccc(S(=O)(=O)N(C)CC(=O)NC(C)c2ccc(Cl)cc2Cl)cc1. The van der Waals surface area contributed by atoms with Crippen LogP contribution in [0.15, 0.2) is 47.4 Å². The molecular weight excluding hydrogens is 423 g/mol. The van der Waals surface area contributed by atoms with Gasteiger partial charge in [0.25, 0.3) is 0 Å². The quantitative estimate of drug-likeness (QED) is 0.662. The molecule has 2 aromatic rings. The number of likely N-dealkylation sites (N-methyl/N-ethyl adjacent to an activating group) is 1. The maximum Gasteiger partial charge on any atom is 0.243 e. The highest BCUT2D eigenvalue weighted by Crippen LogP contribution is 2.26. The van der Waals surface area contributed by atoms with E-state index in [1.807, 2.05) is 0 Å². The van der Waals surface area contributed by atoms with Crippen molar-refractivity contribution in [2.45, 2.75) is 24.8 Å². The van der Waals surface area contributed by atoms with E-state index < -0.39 is 22.0 Å². The molecule has 0 aliphatic rings. The van der Waals surface area contributed by atoms with E-state index in [4.69, 9.17) is 23.2 Å². The highest BCUT2D eigenvalue weighted by atomic mass is 35.5. The fourth-order valence-corrected chi connectivity index (χ4v) is 4.25. The molecule has 1 unspecified atom stereocenters. The van der Waals surface area contributed by atoms with Gasteiger partial charge in [0.2, 0.25) is 15.9 Å². The molecule has 0 saturated heterocycles. The van der Waals surface area contributed by atoms with Gasteiger partial charge in [0.15, 0.2) is 5.78 Å². The zero-order chi connectivity index (χ0) is 21.1. The number of Topliss-reactive ketones (excluding diaryl/α,β-unsaturated/α-hetero) is 1. The summed E-state index contributed by atoms with van der Waals surface area (Å²) in [5, 5.41) is 3.61. The van der Waals surface area contributed by atoms with Crippen molar-refractivity contribution in [2.24, 2.45) is 0 Å². The van der Waals surface area contributed by atoms with Crippen molar-refractivity contribution in [1.29, 1.82) is 0 Å². The van der Waals surface area contributed by atoms with Crippen LogP contribution in [0.25, 0.3) is 0 Å². The van der Waals surface area contributed by atoms with E-state index in [1.54, 1.807) is 25.1 Å². The van der Waals surface area contributed by atoms with E-state index >= 15 is 0 Å². The van der Waals surface area contributed by atoms with Crippen LogP contribution in [0.1, 0.15) is 35.8 Å². The van der Waals surface area contributed by atoms with Gasteiger partial charge in [-0.05, 0) is 43.7 Å². The molecule has 9 heteroatoms. The summed E-state index contributed by atoms with van der Waals surface area (Å²) in [6.07, 6.45) is 0. The summed E-state index contributed by atoms with van der Waals surface area (Å²) in [6, 6.07) is 10.1. The molecule has 1 atom stereocenters. The highest BCUT2D eigenvalue weighted by molar-refractivity contribution is 7.89. The van der Waals surface area contributed by atoms with E-state index in [-0.39, 0.29) is 17.2 Å². The molecule has 6 nitrogen and oxygen atoms in total. The Balaban J connectivity index is 2.06. The number of carbonyl (C=O) groups excluding carboxylic acids is 2. The van der Waals surface area contributed by atoms with Gasteiger partial charge in [-0.15, -0.1) is 0 Å². The molecule has 0 bridgehead atoms. The van der Waals surface area contributed by atoms with Crippen molar-refractivity contribution in [3.05, 3.63) is 63.6 Å². The van der Waals surface area contributed by atoms with Crippen molar-refractivity contribution in [1.82, 2.24) is 9.62 Å². The number of hydrogen-bond donors (Lipinski definition) is 1. The van der Waals surface area contributed by atoms with E-state index in [9.17, 15) is 18.0 Å². The summed E-state index contributed by atoms with van der Waals surface area (Å²) in [4.78, 5) is 23.6. The van der Waals surface area contributed by atoms with Gasteiger partial charge in [-0.2, -0.15) is 4.31 Å². The summed E-state index contributed by atoms with van der Waals surface area (Å²) in [6.45, 7) is 2.77. The summed E-state index contributed by atoms with van der Waals surface area (Å²) in [5.74, 6) is -0.642. The normalized spacial score (nSPS) is 12.6. The van der Waals surface area contributed by atoms with Crippen molar-refractivity contribution in [2.75, 3.05) is 13.6 Å². The van der Waals surface area contributed by atoms with Gasteiger partial charge in [-0.25, -0.2) is 8.42 Å². The first-order valence-electron chi connectivity index (χ1n) is 8.34. The van der Waals surface area contributed by atoms with E-state index in [0.29, 0.717) is 21.2 Å². The van der Waals surface area contributed by atoms with Crippen LogP contribution in [0.2, 0.25) is 10.0 Å². The molecule has 150 valence electrons. The van der Waals surface area contributed by atoms with Gasteiger partial charge in [-0.3, -0.25) is 9.59 Å². The highest BCUT2D eigenvalue weighted by Gasteiger charge is 2.24. The fraction of sp³-hybridized carbons (Fsp3) is 0.263. The third-order valence-corrected chi connectivity index (χ3v) is 6.52. The monoisotopic (exact) mass is 442 g/mol. The average Bonchev–Trinajstić information content (AvgIpc) is 2.61. The molecule has 28 heavy (non-hydrogen) atoms. The number of sulfonamides is 1. The molecule has 0 radical (unpaired) electrons. The van der Waals surface area contributed by atoms with Crippen LogP contribution < -0.4 is 5.32 Å². The van der Waals surface area contributed by atoms with Gasteiger partial charge in [0, 0.05) is 22.7 Å². The number of nitrogens with zero attached hydrogens (tertiary/aromatic N) is 1. The molecule has 1 N–H and O–H groups in total. The van der Waals surface area contributed by atoms with E-state index in [2.05, 4.69) is 5.32 Å². The summed E-state index contributed by atoms with van der Waals surface area (Å²) in [7, 11) is -2.56. The van der Waals surface area contributed by atoms with Crippen LogP contribution in [0.3, 0.4) is 0 Å². The molecule has 0 aromatic heterocycles. The maximum absolute atomic E-state index is 12.6. The minimum absolute atomic E-state index is 0.00148. The second kappa shape index (κ2) is 9.05. The van der Waals surface area contributed by atoms with Gasteiger partial charge < -0.3 is 5.32 Å². The second-order valence-corrected chi connectivity index (χ2v) is 9.19. The topological polar surface area (TPSA) is 83.6 Å². The van der Waals surface area contributed by atoms with E-state index in [0.717, 1.165) is 4.31 Å². The number of amides is 1. The Hall–Kier alpha value is -1.93. The summed E-state index contributed by atoms with van der Waals surface area (Å²) < 4.78 is 26.2. The first kappa shape index (κ1) is 22.4. The fourth-order valence-electron chi connectivity index (χ4n) is 2.55. The van der Waals surface area contributed by atoms with Crippen LogP contribution >= 0.6 is 23.2 Å². The minimum Gasteiger partial charge on any atom is -0.348 e. The Kier molecular flexibility index (Phi) is 7.22. The smallest absolute Gasteiger partial charge is 0.243 e. The molecule has 0 aliphatic carbocycles. The van der Waals surface area contributed by atoms with Crippen molar-refractivity contribution in [3.63, 3.8) is 0 Å². The Morgan fingerprint density at radius 3 is 2.25 bits per heavy atom. The molecule has 0 spiro atoms. The lowest BCUT2D eigenvalue weighted by Gasteiger charge is -2.20. The van der Waals surface area contributed by atoms with Gasteiger partial charge in [0.05, 0.1) is 17.5 Å². The molecule has 2 rings (SSSR count). The molecule has 0 aliphatic heterocycles. The Morgan fingerprint density at radius 1 is 1.11 bits per heavy atom. The largest absolute Gasteiger partial charge is 0.348 e. The lowest BCUT2D eigenvalue weighted by molar-refractivity contribution is -0.121. The number of benzene rings is 2. The number of nitrogens with one attached hydrogen (secondary N) is 1. The third kappa shape index (κ3) is 5.32. The first-order chi connectivity index (χ1) is 13.0. The molecule has 0 saturated carbocycles. The Morgan fingerprint density at radius 2 is 1.71 bits per heavy atom. The van der Waals surface area contributed by atoms with Crippen LogP contribution in [0.4, 0.5) is 0 Å². The van der Waals surface area contributed by atoms with Crippen molar-refractivity contribution in [3.8, 4) is 0 Å². The molecular formula is C19H20Cl2N2O4S. The van der Waals surface area contributed by atoms with Gasteiger partial charge in [-0.1, -0.05) is 41.4 Å². The predicted molar refractivity (Wildman–Crippen MR) is 109 cm³/mol. The zero-order valence-corrected chi connectivity index (χ0v) is 17.9. The van der Waals surface area contributed by atoms with Gasteiger partial charge >= 0.3 is 0 Å². The van der Waals surface area contributed by atoms with Crippen LogP contribution in [0, 0.1) is 0 Å². The van der Waals surface area contributed by atoms with Crippen molar-refractivity contribution < 1.29 is 18.0 Å². The summed E-state index contributed by atoms with van der Waals surface area (Å²) >= 11 is 12.0. The lowest BCUT2D eigenvalue weighted by atomic mass is 10.1. The zero-order valence-electron chi connectivity index (χ0n) is 15.6. The molecule has 0 fully saturated rings. The predicted octanol–water partition coefficient (Wildman–Crippen LogP) is 3.69. The van der Waals surface area contributed by atoms with Crippen LogP contribution in [-0.2, 0) is 14.8 Å². The Bertz CT molecular complexity index is 991. The minimum atomic E-state index is -3.87. The number of ketones is 1. The number of hydrogen-bond acceptors (Lipinski definition) is 4. The number of rotatable bonds is 7. The van der Waals surface area contributed by atoms with Crippen molar-refractivity contribution >= 4 is 44.9 Å². The average molecular weight is 443 g/mol. The third-order valence-electron chi connectivity index (χ3n) is 4.14. The standard InChI is InChI=1S/C19H20Cl2N2O4S/c1-12(17-9-6-15(20)10-18(17)21)22-19(25)11-23(3)28(26,27)16-7-4-14(5-8-16)13(2)24/h4-10,12H,11H2,1-3H3,(H,22,25). The van der Waals surface area contributed by atoms with E-state index in [1.165, 1.54) is 38.2 Å². The van der Waals surface area contributed by atoms with Crippen LogP contribution in [0.5, 0.6) is 0 Å². The molecule has 2 aromatic carbocycles. The summed E-state index contributed by atoms with van der Waals surface area (Å²) in [5.41, 5.74) is 1.08. The molecule has 1 amide bonds. The first-order valence-corrected chi connectivity index (χ1v) is 10.5. The number of halogens is 2. The van der Waals surface area contributed by atoms with Crippen LogP contribution in [-0.4, -0.2) is 38.0 Å². The van der Waals surface area contributed by atoms with Gasteiger partial charge in [0.1, 0.15) is 0 Å². The second-order valence-electron chi connectivity index (χ2n) is 6.30. The molecule has 0 heterocycles. The lowest BCUT2D eigenvalue weighted by Crippen LogP contribution is -2.39. The number of carbonyl (C=O) groups is 2. The Labute approximate surface area is 174 Å².